The Kier molecular flexibility index (Phi) is 3.77. The summed E-state index contributed by atoms with van der Waals surface area (Å²) in [5.74, 6) is 0.922. The molecule has 106 valence electrons. The van der Waals surface area contributed by atoms with Crippen molar-refractivity contribution in [2.24, 2.45) is 0 Å². The van der Waals surface area contributed by atoms with E-state index in [4.69, 9.17) is 0 Å². The second-order valence-electron chi connectivity index (χ2n) is 4.81. The molecule has 0 amide bonds. The van der Waals surface area contributed by atoms with Gasteiger partial charge in [-0.05, 0) is 25.5 Å². The molecule has 4 heteroatoms. The van der Waals surface area contributed by atoms with Crippen LogP contribution in [0.4, 0.5) is 5.82 Å². The van der Waals surface area contributed by atoms with Crippen LogP contribution in [0.25, 0.3) is 22.2 Å². The van der Waals surface area contributed by atoms with Gasteiger partial charge < -0.3 is 5.32 Å². The second kappa shape index (κ2) is 5.87. The maximum atomic E-state index is 4.53. The highest BCUT2D eigenvalue weighted by atomic mass is 15.0. The van der Waals surface area contributed by atoms with Gasteiger partial charge >= 0.3 is 0 Å². The molecule has 2 heterocycles. The van der Waals surface area contributed by atoms with Crippen LogP contribution in [0.2, 0.25) is 0 Å². The van der Waals surface area contributed by atoms with Crippen LogP contribution in [0.15, 0.2) is 42.9 Å². The van der Waals surface area contributed by atoms with Crippen LogP contribution in [0.1, 0.15) is 19.4 Å². The first-order chi connectivity index (χ1) is 10.3. The molecule has 0 spiro atoms. The molecule has 2 aromatic heterocycles. The maximum absolute atomic E-state index is 4.53. The molecule has 3 rings (SSSR count). The van der Waals surface area contributed by atoms with Crippen molar-refractivity contribution in [1.29, 1.82) is 0 Å². The van der Waals surface area contributed by atoms with Gasteiger partial charge in [0.1, 0.15) is 12.1 Å². The quantitative estimate of drug-likeness (QED) is 0.791. The summed E-state index contributed by atoms with van der Waals surface area (Å²) in [5.41, 5.74) is 4.23. The fourth-order valence-electron chi connectivity index (χ4n) is 2.61. The van der Waals surface area contributed by atoms with Crippen molar-refractivity contribution in [3.63, 3.8) is 0 Å². The summed E-state index contributed by atoms with van der Waals surface area (Å²) >= 11 is 0. The van der Waals surface area contributed by atoms with Crippen LogP contribution in [-0.4, -0.2) is 21.5 Å². The summed E-state index contributed by atoms with van der Waals surface area (Å²) in [5, 5.41) is 4.44. The van der Waals surface area contributed by atoms with Crippen molar-refractivity contribution in [3.05, 3.63) is 48.4 Å². The van der Waals surface area contributed by atoms with Gasteiger partial charge in [0.05, 0.1) is 11.2 Å². The zero-order valence-electron chi connectivity index (χ0n) is 12.3. The molecule has 1 N–H and O–H groups in total. The average molecular weight is 278 g/mol. The molecule has 0 bridgehead atoms. The van der Waals surface area contributed by atoms with Gasteiger partial charge in [-0.2, -0.15) is 0 Å². The SMILES string of the molecule is CCNc1ncnc(-c2cccc3ncccc23)c1CC. The molecule has 0 fully saturated rings. The highest BCUT2D eigenvalue weighted by molar-refractivity contribution is 5.94. The first kappa shape index (κ1) is 13.5. The predicted molar refractivity (Wildman–Crippen MR) is 86.3 cm³/mol. The Morgan fingerprint density at radius 1 is 1.00 bits per heavy atom. The van der Waals surface area contributed by atoms with Gasteiger partial charge in [-0.1, -0.05) is 25.1 Å². The van der Waals surface area contributed by atoms with Crippen molar-refractivity contribution in [2.75, 3.05) is 11.9 Å². The van der Waals surface area contributed by atoms with Gasteiger partial charge in [0.15, 0.2) is 0 Å². The number of rotatable bonds is 4. The lowest BCUT2D eigenvalue weighted by Crippen LogP contribution is -2.06. The lowest BCUT2D eigenvalue weighted by atomic mass is 10.00. The highest BCUT2D eigenvalue weighted by Gasteiger charge is 2.13. The third-order valence-corrected chi connectivity index (χ3v) is 3.54. The highest BCUT2D eigenvalue weighted by Crippen LogP contribution is 2.31. The number of fused-ring (bicyclic) bond motifs is 1. The first-order valence-corrected chi connectivity index (χ1v) is 7.27. The third-order valence-electron chi connectivity index (χ3n) is 3.54. The predicted octanol–water partition coefficient (Wildman–Crippen LogP) is 3.69. The van der Waals surface area contributed by atoms with Crippen LogP contribution >= 0.6 is 0 Å². The van der Waals surface area contributed by atoms with Gasteiger partial charge in [0, 0.05) is 29.3 Å². The molecule has 0 aliphatic rings. The Morgan fingerprint density at radius 2 is 1.90 bits per heavy atom. The van der Waals surface area contributed by atoms with E-state index in [1.54, 1.807) is 6.33 Å². The van der Waals surface area contributed by atoms with E-state index in [1.165, 1.54) is 0 Å². The summed E-state index contributed by atoms with van der Waals surface area (Å²) in [7, 11) is 0. The van der Waals surface area contributed by atoms with Crippen LogP contribution in [-0.2, 0) is 6.42 Å². The number of hydrogen-bond donors (Lipinski definition) is 1. The topological polar surface area (TPSA) is 50.7 Å². The lowest BCUT2D eigenvalue weighted by Gasteiger charge is -2.13. The summed E-state index contributed by atoms with van der Waals surface area (Å²) in [4.78, 5) is 13.3. The molecule has 0 aliphatic carbocycles. The van der Waals surface area contributed by atoms with Crippen LogP contribution in [0.5, 0.6) is 0 Å². The van der Waals surface area contributed by atoms with Crippen molar-refractivity contribution in [3.8, 4) is 11.3 Å². The van der Waals surface area contributed by atoms with Crippen molar-refractivity contribution in [1.82, 2.24) is 15.0 Å². The van der Waals surface area contributed by atoms with E-state index in [-0.39, 0.29) is 0 Å². The molecule has 0 saturated heterocycles. The van der Waals surface area contributed by atoms with E-state index in [0.717, 1.165) is 46.5 Å². The molecule has 0 aliphatic heterocycles. The minimum Gasteiger partial charge on any atom is -0.370 e. The molecule has 0 radical (unpaired) electrons. The van der Waals surface area contributed by atoms with Crippen molar-refractivity contribution >= 4 is 16.7 Å². The zero-order valence-corrected chi connectivity index (χ0v) is 12.3. The van der Waals surface area contributed by atoms with Crippen molar-refractivity contribution < 1.29 is 0 Å². The summed E-state index contributed by atoms with van der Waals surface area (Å²) < 4.78 is 0. The Hall–Kier alpha value is -2.49. The third kappa shape index (κ3) is 2.44. The largest absolute Gasteiger partial charge is 0.370 e. The molecule has 0 saturated carbocycles. The Labute approximate surface area is 124 Å². The number of hydrogen-bond acceptors (Lipinski definition) is 4. The van der Waals surface area contributed by atoms with E-state index >= 15 is 0 Å². The maximum Gasteiger partial charge on any atom is 0.133 e. The molecule has 4 nitrogen and oxygen atoms in total. The van der Waals surface area contributed by atoms with E-state index < -0.39 is 0 Å². The minimum absolute atomic E-state index is 0.848. The van der Waals surface area contributed by atoms with Gasteiger partial charge in [-0.3, -0.25) is 4.98 Å². The zero-order chi connectivity index (χ0) is 14.7. The van der Waals surface area contributed by atoms with Crippen LogP contribution in [0, 0.1) is 0 Å². The minimum atomic E-state index is 0.848. The fraction of sp³-hybridized carbons (Fsp3) is 0.235. The number of nitrogens with one attached hydrogen (secondary N) is 1. The van der Waals surface area contributed by atoms with E-state index in [9.17, 15) is 0 Å². The Bertz CT molecular complexity index is 762. The number of benzene rings is 1. The van der Waals surface area contributed by atoms with Gasteiger partial charge in [0.25, 0.3) is 0 Å². The van der Waals surface area contributed by atoms with Gasteiger partial charge in [-0.25, -0.2) is 9.97 Å². The molecule has 3 aromatic rings. The van der Waals surface area contributed by atoms with Crippen LogP contribution < -0.4 is 5.32 Å². The summed E-state index contributed by atoms with van der Waals surface area (Å²) in [6.07, 6.45) is 4.33. The smallest absolute Gasteiger partial charge is 0.133 e. The number of anilines is 1. The molecular formula is C17H18N4. The first-order valence-electron chi connectivity index (χ1n) is 7.27. The monoisotopic (exact) mass is 278 g/mol. The summed E-state index contributed by atoms with van der Waals surface area (Å²) in [6.45, 7) is 5.05. The second-order valence-corrected chi connectivity index (χ2v) is 4.81. The van der Waals surface area contributed by atoms with Crippen molar-refractivity contribution in [2.45, 2.75) is 20.3 Å². The number of aromatic nitrogens is 3. The lowest BCUT2D eigenvalue weighted by molar-refractivity contribution is 1.03. The van der Waals surface area contributed by atoms with E-state index in [1.807, 2.05) is 24.4 Å². The molecular weight excluding hydrogens is 260 g/mol. The van der Waals surface area contributed by atoms with Crippen LogP contribution in [0.3, 0.4) is 0 Å². The Balaban J connectivity index is 2.25. The molecule has 0 unspecified atom stereocenters. The number of nitrogens with zero attached hydrogens (tertiary/aromatic N) is 3. The van der Waals surface area contributed by atoms with Gasteiger partial charge in [-0.15, -0.1) is 0 Å². The number of pyridine rings is 1. The van der Waals surface area contributed by atoms with Gasteiger partial charge in [0.2, 0.25) is 0 Å². The average Bonchev–Trinajstić information content (AvgIpc) is 2.54. The Morgan fingerprint density at radius 3 is 2.71 bits per heavy atom. The standard InChI is InChI=1S/C17H18N4/c1-3-12-16(20-11-21-17(12)18-4-2)14-7-5-9-15-13(14)8-6-10-19-15/h5-11H,3-4H2,1-2H3,(H,18,20,21). The fourth-order valence-corrected chi connectivity index (χ4v) is 2.61. The van der Waals surface area contributed by atoms with E-state index in [0.29, 0.717) is 0 Å². The normalized spacial score (nSPS) is 10.8. The molecule has 21 heavy (non-hydrogen) atoms. The molecule has 1 aromatic carbocycles. The van der Waals surface area contributed by atoms with E-state index in [2.05, 4.69) is 46.2 Å². The summed E-state index contributed by atoms with van der Waals surface area (Å²) in [6, 6.07) is 10.2. The molecule has 0 atom stereocenters.